The molecule has 0 spiro atoms. The minimum Gasteiger partial charge on any atom is -0.481 e. The van der Waals surface area contributed by atoms with Gasteiger partial charge in [-0.15, -0.1) is 0 Å². The summed E-state index contributed by atoms with van der Waals surface area (Å²) < 4.78 is 0. The van der Waals surface area contributed by atoms with Gasteiger partial charge < -0.3 is 10.8 Å². The molecule has 1 aliphatic rings. The Bertz CT molecular complexity index is 212. The van der Waals surface area contributed by atoms with Gasteiger partial charge in [0.05, 0.1) is 6.42 Å². The van der Waals surface area contributed by atoms with Gasteiger partial charge in [0.1, 0.15) is 0 Å². The quantitative estimate of drug-likeness (QED) is 0.712. The summed E-state index contributed by atoms with van der Waals surface area (Å²) in [6.45, 7) is 2.64. The third-order valence-corrected chi connectivity index (χ3v) is 3.88. The fourth-order valence-corrected chi connectivity index (χ4v) is 3.11. The molecule has 0 radical (unpaired) electrons. The topological polar surface area (TPSA) is 63.3 Å². The average molecular weight is 213 g/mol. The van der Waals surface area contributed by atoms with Crippen LogP contribution >= 0.6 is 0 Å². The summed E-state index contributed by atoms with van der Waals surface area (Å²) in [5.74, 6) is -0.153. The molecule has 1 atom stereocenters. The first-order valence-electron chi connectivity index (χ1n) is 6.06. The van der Waals surface area contributed by atoms with Crippen molar-refractivity contribution in [1.29, 1.82) is 0 Å². The highest BCUT2D eigenvalue weighted by molar-refractivity contribution is 5.67. The minimum atomic E-state index is -0.694. The Labute approximate surface area is 92.0 Å². The van der Waals surface area contributed by atoms with E-state index >= 15 is 0 Å². The zero-order chi connectivity index (χ0) is 11.3. The Kier molecular flexibility index (Phi) is 4.58. The normalized spacial score (nSPS) is 21.5. The second-order valence-corrected chi connectivity index (χ2v) is 4.87. The molecule has 1 fully saturated rings. The van der Waals surface area contributed by atoms with Gasteiger partial charge in [-0.2, -0.15) is 0 Å². The molecule has 3 N–H and O–H groups in total. The average Bonchev–Trinajstić information content (AvgIpc) is 2.69. The number of nitrogens with two attached hydrogens (primary N) is 1. The van der Waals surface area contributed by atoms with Crippen molar-refractivity contribution in [2.45, 2.75) is 51.9 Å². The lowest BCUT2D eigenvalue weighted by molar-refractivity contribution is -0.140. The van der Waals surface area contributed by atoms with Gasteiger partial charge in [0, 0.05) is 0 Å². The first-order chi connectivity index (χ1) is 7.14. The number of rotatable bonds is 6. The molecule has 0 heterocycles. The predicted octanol–water partition coefficient (Wildman–Crippen LogP) is 2.40. The van der Waals surface area contributed by atoms with Crippen LogP contribution in [0.25, 0.3) is 0 Å². The lowest BCUT2D eigenvalue weighted by Gasteiger charge is -2.37. The smallest absolute Gasteiger partial charge is 0.303 e. The summed E-state index contributed by atoms with van der Waals surface area (Å²) >= 11 is 0. The number of hydrogen-bond donors (Lipinski definition) is 2. The Morgan fingerprint density at radius 1 is 1.47 bits per heavy atom. The molecule has 15 heavy (non-hydrogen) atoms. The first-order valence-corrected chi connectivity index (χ1v) is 6.06. The highest BCUT2D eigenvalue weighted by Crippen LogP contribution is 2.44. The first kappa shape index (κ1) is 12.5. The van der Waals surface area contributed by atoms with Crippen LogP contribution in [0.5, 0.6) is 0 Å². The van der Waals surface area contributed by atoms with Crippen molar-refractivity contribution in [1.82, 2.24) is 0 Å². The summed E-state index contributed by atoms with van der Waals surface area (Å²) in [6, 6.07) is 0. The van der Waals surface area contributed by atoms with Crippen molar-refractivity contribution in [3.8, 4) is 0 Å². The maximum Gasteiger partial charge on any atom is 0.303 e. The largest absolute Gasteiger partial charge is 0.481 e. The molecule has 0 bridgehead atoms. The molecule has 0 saturated heterocycles. The Morgan fingerprint density at radius 3 is 2.47 bits per heavy atom. The molecule has 3 nitrogen and oxygen atoms in total. The van der Waals surface area contributed by atoms with E-state index in [9.17, 15) is 4.79 Å². The van der Waals surface area contributed by atoms with Crippen LogP contribution in [0.1, 0.15) is 51.9 Å². The van der Waals surface area contributed by atoms with Gasteiger partial charge in [-0.05, 0) is 37.1 Å². The summed E-state index contributed by atoms with van der Waals surface area (Å²) in [5.41, 5.74) is 5.73. The standard InChI is InChI=1S/C12H23NO2/c1-2-7-12(9-13,8-11(14)15)10-5-3-4-6-10/h10H,2-9,13H2,1H3,(H,14,15)/t12-/m0/s1. The molecule has 0 unspecified atom stereocenters. The lowest BCUT2D eigenvalue weighted by Crippen LogP contribution is -2.39. The van der Waals surface area contributed by atoms with Crippen LogP contribution in [0.3, 0.4) is 0 Å². The highest BCUT2D eigenvalue weighted by Gasteiger charge is 2.39. The van der Waals surface area contributed by atoms with Crippen molar-refractivity contribution >= 4 is 5.97 Å². The van der Waals surface area contributed by atoms with Gasteiger partial charge >= 0.3 is 5.97 Å². The molecule has 0 amide bonds. The van der Waals surface area contributed by atoms with E-state index in [1.165, 1.54) is 25.7 Å². The summed E-state index contributed by atoms with van der Waals surface area (Å²) in [6.07, 6.45) is 7.07. The number of carboxylic acids is 1. The van der Waals surface area contributed by atoms with Crippen LogP contribution in [-0.4, -0.2) is 17.6 Å². The van der Waals surface area contributed by atoms with Gasteiger partial charge in [-0.25, -0.2) is 0 Å². The van der Waals surface area contributed by atoms with Crippen molar-refractivity contribution in [3.05, 3.63) is 0 Å². The SMILES string of the molecule is CCC[C@@](CN)(CC(=O)O)C1CCCC1. The van der Waals surface area contributed by atoms with Crippen molar-refractivity contribution < 1.29 is 9.90 Å². The number of carboxylic acid groups (broad SMARTS) is 1. The van der Waals surface area contributed by atoms with E-state index in [-0.39, 0.29) is 11.8 Å². The van der Waals surface area contributed by atoms with E-state index in [0.717, 1.165) is 12.8 Å². The second-order valence-electron chi connectivity index (χ2n) is 4.87. The van der Waals surface area contributed by atoms with E-state index in [2.05, 4.69) is 6.92 Å². The molecule has 1 saturated carbocycles. The van der Waals surface area contributed by atoms with Crippen LogP contribution in [-0.2, 0) is 4.79 Å². The summed E-state index contributed by atoms with van der Waals surface area (Å²) in [5, 5.41) is 9.01. The molecule has 1 rings (SSSR count). The monoisotopic (exact) mass is 213 g/mol. The number of aliphatic carboxylic acids is 1. The molecule has 0 aromatic rings. The second kappa shape index (κ2) is 5.50. The molecular formula is C12H23NO2. The fraction of sp³-hybridized carbons (Fsp3) is 0.917. The highest BCUT2D eigenvalue weighted by atomic mass is 16.4. The van der Waals surface area contributed by atoms with E-state index in [1.54, 1.807) is 0 Å². The van der Waals surface area contributed by atoms with Crippen molar-refractivity contribution in [3.63, 3.8) is 0 Å². The Morgan fingerprint density at radius 2 is 2.07 bits per heavy atom. The maximum absolute atomic E-state index is 10.9. The molecule has 3 heteroatoms. The van der Waals surface area contributed by atoms with Crippen LogP contribution in [0, 0.1) is 11.3 Å². The Hall–Kier alpha value is -0.570. The van der Waals surface area contributed by atoms with Crippen LogP contribution in [0.2, 0.25) is 0 Å². The molecule has 0 aliphatic heterocycles. The van der Waals surface area contributed by atoms with Crippen LogP contribution < -0.4 is 5.73 Å². The Balaban J connectivity index is 2.75. The third kappa shape index (κ3) is 2.94. The van der Waals surface area contributed by atoms with Crippen molar-refractivity contribution in [2.75, 3.05) is 6.54 Å². The van der Waals surface area contributed by atoms with Gasteiger partial charge in [0.2, 0.25) is 0 Å². The van der Waals surface area contributed by atoms with E-state index in [4.69, 9.17) is 10.8 Å². The zero-order valence-electron chi connectivity index (χ0n) is 9.67. The van der Waals surface area contributed by atoms with E-state index in [0.29, 0.717) is 12.5 Å². The molecular weight excluding hydrogens is 190 g/mol. The molecule has 0 aromatic heterocycles. The maximum atomic E-state index is 10.9. The molecule has 88 valence electrons. The van der Waals surface area contributed by atoms with Gasteiger partial charge in [-0.1, -0.05) is 26.2 Å². The minimum absolute atomic E-state index is 0.128. The third-order valence-electron chi connectivity index (χ3n) is 3.88. The molecule has 1 aliphatic carbocycles. The summed E-state index contributed by atoms with van der Waals surface area (Å²) in [7, 11) is 0. The summed E-state index contributed by atoms with van der Waals surface area (Å²) in [4.78, 5) is 10.9. The van der Waals surface area contributed by atoms with E-state index in [1.807, 2.05) is 0 Å². The van der Waals surface area contributed by atoms with Crippen LogP contribution in [0.15, 0.2) is 0 Å². The van der Waals surface area contributed by atoms with Crippen LogP contribution in [0.4, 0.5) is 0 Å². The fourth-order valence-electron chi connectivity index (χ4n) is 3.11. The van der Waals surface area contributed by atoms with Gasteiger partial charge in [-0.3, -0.25) is 4.79 Å². The zero-order valence-corrected chi connectivity index (χ0v) is 9.67. The van der Waals surface area contributed by atoms with Crippen molar-refractivity contribution in [2.24, 2.45) is 17.1 Å². The molecule has 0 aromatic carbocycles. The van der Waals surface area contributed by atoms with E-state index < -0.39 is 5.97 Å². The van der Waals surface area contributed by atoms with Gasteiger partial charge in [0.25, 0.3) is 0 Å². The number of carbonyl (C=O) groups is 1. The predicted molar refractivity (Wildman–Crippen MR) is 60.6 cm³/mol. The number of hydrogen-bond acceptors (Lipinski definition) is 2. The van der Waals surface area contributed by atoms with Gasteiger partial charge in [0.15, 0.2) is 0 Å². The lowest BCUT2D eigenvalue weighted by atomic mass is 9.69.